The van der Waals surface area contributed by atoms with Gasteiger partial charge in [0, 0.05) is 12.2 Å². The van der Waals surface area contributed by atoms with Gasteiger partial charge < -0.3 is 15.4 Å². The van der Waals surface area contributed by atoms with Crippen molar-refractivity contribution in [2.24, 2.45) is 0 Å². The first-order valence-electron chi connectivity index (χ1n) is 6.51. The molecule has 4 nitrogen and oxygen atoms in total. The molecule has 0 fully saturated rings. The highest BCUT2D eigenvalue weighted by Crippen LogP contribution is 2.21. The number of unbranched alkanes of at least 4 members (excludes halogenated alkanes) is 2. The second-order valence-electron chi connectivity index (χ2n) is 4.27. The molecule has 0 heterocycles. The van der Waals surface area contributed by atoms with E-state index in [-0.39, 0.29) is 0 Å². The number of halogens is 1. The number of benzene rings is 1. The highest BCUT2D eigenvalue weighted by molar-refractivity contribution is 7.80. The summed E-state index contributed by atoms with van der Waals surface area (Å²) in [5.74, 6) is -0.472. The van der Waals surface area contributed by atoms with Gasteiger partial charge in [0.05, 0.1) is 17.7 Å². The molecule has 0 amide bonds. The van der Waals surface area contributed by atoms with Crippen LogP contribution in [0.3, 0.4) is 0 Å². The lowest BCUT2D eigenvalue weighted by molar-refractivity contribution is 0.0601. The Kier molecular flexibility index (Phi) is 7.33. The maximum atomic E-state index is 11.5. The molecule has 0 saturated heterocycles. The van der Waals surface area contributed by atoms with E-state index in [1.165, 1.54) is 20.0 Å². The maximum absolute atomic E-state index is 11.5. The number of hydrogen-bond acceptors (Lipinski definition) is 3. The number of hydrogen-bond donors (Lipinski definition) is 2. The number of thiocarbonyl (C=S) groups is 1. The zero-order valence-corrected chi connectivity index (χ0v) is 13.2. The van der Waals surface area contributed by atoms with E-state index in [9.17, 15) is 4.79 Å². The largest absolute Gasteiger partial charge is 0.465 e. The first-order valence-corrected chi connectivity index (χ1v) is 7.29. The van der Waals surface area contributed by atoms with Crippen molar-refractivity contribution in [2.75, 3.05) is 19.0 Å². The Morgan fingerprint density at radius 1 is 1.40 bits per heavy atom. The second kappa shape index (κ2) is 8.76. The van der Waals surface area contributed by atoms with Crippen LogP contribution in [0.25, 0.3) is 0 Å². The van der Waals surface area contributed by atoms with Crippen LogP contribution in [0.4, 0.5) is 5.69 Å². The van der Waals surface area contributed by atoms with Gasteiger partial charge in [-0.1, -0.05) is 31.4 Å². The van der Waals surface area contributed by atoms with Crippen molar-refractivity contribution in [3.05, 3.63) is 28.8 Å². The Morgan fingerprint density at radius 3 is 2.80 bits per heavy atom. The lowest BCUT2D eigenvalue weighted by Crippen LogP contribution is -2.29. The SMILES string of the molecule is CCCCCNC(=S)Nc1ccc(Cl)c(C(=O)OC)c1. The molecule has 0 unspecified atom stereocenters. The van der Waals surface area contributed by atoms with Gasteiger partial charge in [0.15, 0.2) is 5.11 Å². The lowest BCUT2D eigenvalue weighted by atomic mass is 10.2. The molecule has 0 aliphatic heterocycles. The molecule has 2 N–H and O–H groups in total. The zero-order valence-electron chi connectivity index (χ0n) is 11.7. The monoisotopic (exact) mass is 314 g/mol. The summed E-state index contributed by atoms with van der Waals surface area (Å²) in [5, 5.41) is 7.01. The summed E-state index contributed by atoms with van der Waals surface area (Å²) >= 11 is 11.1. The fourth-order valence-corrected chi connectivity index (χ4v) is 2.04. The third-order valence-corrected chi connectivity index (χ3v) is 3.27. The third kappa shape index (κ3) is 5.35. The number of carbonyl (C=O) groups excluding carboxylic acids is 1. The maximum Gasteiger partial charge on any atom is 0.339 e. The van der Waals surface area contributed by atoms with Crippen LogP contribution in [0.15, 0.2) is 18.2 Å². The van der Waals surface area contributed by atoms with Gasteiger partial charge >= 0.3 is 5.97 Å². The van der Waals surface area contributed by atoms with Crippen molar-refractivity contribution in [1.82, 2.24) is 5.32 Å². The molecule has 0 saturated carbocycles. The topological polar surface area (TPSA) is 50.4 Å². The summed E-state index contributed by atoms with van der Waals surface area (Å²) in [4.78, 5) is 11.5. The van der Waals surface area contributed by atoms with Gasteiger partial charge in [0.25, 0.3) is 0 Å². The minimum Gasteiger partial charge on any atom is -0.465 e. The molecule has 0 aliphatic carbocycles. The number of carbonyl (C=O) groups is 1. The summed E-state index contributed by atoms with van der Waals surface area (Å²) in [7, 11) is 1.32. The fraction of sp³-hybridized carbons (Fsp3) is 0.429. The first kappa shape index (κ1) is 16.7. The molecule has 0 spiro atoms. The molecule has 1 aromatic carbocycles. The third-order valence-electron chi connectivity index (χ3n) is 2.70. The summed E-state index contributed by atoms with van der Waals surface area (Å²) < 4.78 is 4.67. The van der Waals surface area contributed by atoms with Gasteiger partial charge in [-0.05, 0) is 36.8 Å². The first-order chi connectivity index (χ1) is 9.58. The average molecular weight is 315 g/mol. The van der Waals surface area contributed by atoms with Crippen molar-refractivity contribution >= 4 is 40.6 Å². The zero-order chi connectivity index (χ0) is 15.0. The van der Waals surface area contributed by atoms with Crippen LogP contribution in [0, 0.1) is 0 Å². The number of esters is 1. The van der Waals surface area contributed by atoms with Gasteiger partial charge in [-0.25, -0.2) is 4.79 Å². The predicted molar refractivity (Wildman–Crippen MR) is 86.5 cm³/mol. The average Bonchev–Trinajstić information content (AvgIpc) is 2.45. The van der Waals surface area contributed by atoms with E-state index < -0.39 is 5.97 Å². The molecule has 20 heavy (non-hydrogen) atoms. The molecule has 0 bridgehead atoms. The van der Waals surface area contributed by atoms with E-state index in [0.717, 1.165) is 13.0 Å². The van der Waals surface area contributed by atoms with Gasteiger partial charge in [-0.2, -0.15) is 0 Å². The van der Waals surface area contributed by atoms with Crippen LogP contribution in [-0.4, -0.2) is 24.7 Å². The van der Waals surface area contributed by atoms with Crippen molar-refractivity contribution in [2.45, 2.75) is 26.2 Å². The highest BCUT2D eigenvalue weighted by atomic mass is 35.5. The van der Waals surface area contributed by atoms with Crippen LogP contribution < -0.4 is 10.6 Å². The number of nitrogens with one attached hydrogen (secondary N) is 2. The molecule has 1 aromatic rings. The van der Waals surface area contributed by atoms with Crippen LogP contribution in [0.2, 0.25) is 5.02 Å². The number of ether oxygens (including phenoxy) is 1. The lowest BCUT2D eigenvalue weighted by Gasteiger charge is -2.11. The summed E-state index contributed by atoms with van der Waals surface area (Å²) in [6.07, 6.45) is 3.41. The van der Waals surface area contributed by atoms with E-state index in [4.69, 9.17) is 23.8 Å². The minimum atomic E-state index is -0.472. The molecule has 0 atom stereocenters. The van der Waals surface area contributed by atoms with E-state index >= 15 is 0 Å². The van der Waals surface area contributed by atoms with Crippen LogP contribution >= 0.6 is 23.8 Å². The molecular weight excluding hydrogens is 296 g/mol. The smallest absolute Gasteiger partial charge is 0.339 e. The van der Waals surface area contributed by atoms with Crippen molar-refractivity contribution < 1.29 is 9.53 Å². The van der Waals surface area contributed by atoms with Gasteiger partial charge in [0.1, 0.15) is 0 Å². The van der Waals surface area contributed by atoms with Crippen LogP contribution in [-0.2, 0) is 4.74 Å². The minimum absolute atomic E-state index is 0.313. The summed E-state index contributed by atoms with van der Waals surface area (Å²) in [5.41, 5.74) is 1.01. The van der Waals surface area contributed by atoms with E-state index in [0.29, 0.717) is 21.4 Å². The molecule has 0 radical (unpaired) electrons. The van der Waals surface area contributed by atoms with E-state index in [2.05, 4.69) is 22.3 Å². The number of rotatable bonds is 6. The summed E-state index contributed by atoms with van der Waals surface area (Å²) in [6.45, 7) is 2.98. The highest BCUT2D eigenvalue weighted by Gasteiger charge is 2.11. The molecule has 0 aromatic heterocycles. The number of anilines is 1. The van der Waals surface area contributed by atoms with Crippen molar-refractivity contribution in [3.8, 4) is 0 Å². The standard InChI is InChI=1S/C14H19ClN2O2S/c1-3-4-5-8-16-14(20)17-10-6-7-12(15)11(9-10)13(18)19-2/h6-7,9H,3-5,8H2,1-2H3,(H2,16,17,20). The normalized spacial score (nSPS) is 9.95. The Bertz CT molecular complexity index is 480. The molecule has 0 aliphatic rings. The second-order valence-corrected chi connectivity index (χ2v) is 5.09. The Labute approximate surface area is 129 Å². The van der Waals surface area contributed by atoms with Crippen molar-refractivity contribution in [3.63, 3.8) is 0 Å². The van der Waals surface area contributed by atoms with Gasteiger partial charge in [-0.3, -0.25) is 0 Å². The quantitative estimate of drug-likeness (QED) is 0.477. The molecule has 110 valence electrons. The van der Waals surface area contributed by atoms with Crippen LogP contribution in [0.1, 0.15) is 36.5 Å². The van der Waals surface area contributed by atoms with Crippen LogP contribution in [0.5, 0.6) is 0 Å². The molecule has 6 heteroatoms. The van der Waals surface area contributed by atoms with E-state index in [1.807, 2.05) is 0 Å². The summed E-state index contributed by atoms with van der Waals surface area (Å²) in [6, 6.07) is 5.01. The molecular formula is C14H19ClN2O2S. The Morgan fingerprint density at radius 2 is 2.15 bits per heavy atom. The number of methoxy groups -OCH3 is 1. The van der Waals surface area contributed by atoms with Crippen molar-refractivity contribution in [1.29, 1.82) is 0 Å². The van der Waals surface area contributed by atoms with E-state index in [1.54, 1.807) is 18.2 Å². The van der Waals surface area contributed by atoms with Gasteiger partial charge in [0.2, 0.25) is 0 Å². The fourth-order valence-electron chi connectivity index (χ4n) is 1.62. The molecule has 1 rings (SSSR count). The Hall–Kier alpha value is -1.33. The van der Waals surface area contributed by atoms with Gasteiger partial charge in [-0.15, -0.1) is 0 Å². The Balaban J connectivity index is 2.59. The predicted octanol–water partition coefficient (Wildman–Crippen LogP) is 3.60.